The second-order valence-corrected chi connectivity index (χ2v) is 20.6. The van der Waals surface area contributed by atoms with Crippen molar-refractivity contribution in [3.05, 3.63) is 215 Å². The van der Waals surface area contributed by atoms with Crippen molar-refractivity contribution >= 4 is 23.5 Å². The summed E-state index contributed by atoms with van der Waals surface area (Å²) >= 11 is 0. The highest BCUT2D eigenvalue weighted by Crippen LogP contribution is 2.62. The monoisotopic (exact) mass is 970 g/mol. The van der Waals surface area contributed by atoms with Crippen molar-refractivity contribution in [3.63, 3.8) is 0 Å². The lowest BCUT2D eigenvalue weighted by atomic mass is 9.83. The van der Waals surface area contributed by atoms with Gasteiger partial charge in [0.2, 0.25) is 0 Å². The summed E-state index contributed by atoms with van der Waals surface area (Å²) < 4.78 is 120. The van der Waals surface area contributed by atoms with E-state index < -0.39 is 66.6 Å². The molecule has 15 nitrogen and oxygen atoms in total. The molecule has 0 aromatic heterocycles. The van der Waals surface area contributed by atoms with Crippen molar-refractivity contribution in [2.75, 3.05) is 0 Å². The van der Waals surface area contributed by atoms with Gasteiger partial charge in [0.25, 0.3) is 6.48 Å². The number of hydrogen-bond acceptors (Lipinski definition) is 15. The van der Waals surface area contributed by atoms with E-state index in [1.807, 2.05) is 109 Å². The van der Waals surface area contributed by atoms with Crippen LogP contribution < -0.4 is 0 Å². The van der Waals surface area contributed by atoms with E-state index in [1.165, 1.54) is 0 Å². The molecule has 4 fully saturated rings. The van der Waals surface area contributed by atoms with Gasteiger partial charge in [0.1, 0.15) is 36.6 Å². The van der Waals surface area contributed by atoms with Gasteiger partial charge in [-0.15, -0.1) is 0 Å². The van der Waals surface area contributed by atoms with Gasteiger partial charge in [-0.05, 0) is 33.4 Å². The van der Waals surface area contributed by atoms with Crippen molar-refractivity contribution in [3.8, 4) is 0 Å². The van der Waals surface area contributed by atoms with Gasteiger partial charge in [-0.1, -0.05) is 182 Å². The molecule has 3 heterocycles. The van der Waals surface area contributed by atoms with E-state index >= 15 is 13.7 Å². The largest absolute Gasteiger partial charge is 0.475 e. The minimum atomic E-state index is -4.62. The van der Waals surface area contributed by atoms with E-state index in [2.05, 4.69) is 0 Å². The van der Waals surface area contributed by atoms with Gasteiger partial charge in [0.05, 0.1) is 39.6 Å². The SMILES string of the molecule is O=P(OCc1ccccc1)(OCc1ccccc1)OC1C2OC3OC1C(OP(=O)(OCc1ccccc1)OCc1ccccc1)C(O3)C2OP(=O)(OCc1ccccc1)OCc1ccccc1. The maximum atomic E-state index is 15.1. The lowest BCUT2D eigenvalue weighted by molar-refractivity contribution is -0.476. The number of phosphoric ester groups is 3. The molecule has 3 saturated heterocycles. The van der Waals surface area contributed by atoms with Crippen LogP contribution in [0.25, 0.3) is 0 Å². The zero-order valence-electron chi connectivity index (χ0n) is 36.1. The molecule has 6 aromatic rings. The molecule has 18 heteroatoms. The summed E-state index contributed by atoms with van der Waals surface area (Å²) in [6, 6.07) is 54.4. The first kappa shape index (κ1) is 47.6. The molecule has 4 aliphatic rings. The Bertz CT molecular complexity index is 2160. The summed E-state index contributed by atoms with van der Waals surface area (Å²) in [7, 11) is -13.9. The van der Waals surface area contributed by atoms with Crippen LogP contribution in [0.15, 0.2) is 182 Å². The molecule has 0 N–H and O–H groups in total. The predicted octanol–water partition coefficient (Wildman–Crippen LogP) is 11.2. The Morgan fingerprint density at radius 3 is 0.657 bits per heavy atom. The molecular weight excluding hydrogens is 921 g/mol. The van der Waals surface area contributed by atoms with Crippen LogP contribution in [0, 0.1) is 0 Å². The zero-order chi connectivity index (χ0) is 45.9. The van der Waals surface area contributed by atoms with Crippen molar-refractivity contribution in [2.45, 2.75) is 82.7 Å². The lowest BCUT2D eigenvalue weighted by Crippen LogP contribution is -2.76. The Morgan fingerprint density at radius 1 is 0.299 bits per heavy atom. The highest BCUT2D eigenvalue weighted by molar-refractivity contribution is 7.49. The normalized spacial score (nSPS) is 22.5. The Hall–Kier alpha value is -4.47. The van der Waals surface area contributed by atoms with Gasteiger partial charge in [-0.3, -0.25) is 40.7 Å². The fourth-order valence-corrected chi connectivity index (χ4v) is 11.6. The third-order valence-corrected chi connectivity index (χ3v) is 15.1. The molecule has 1 saturated carbocycles. The van der Waals surface area contributed by atoms with Gasteiger partial charge in [-0.2, -0.15) is 0 Å². The number of benzene rings is 6. The first-order chi connectivity index (χ1) is 32.7. The highest BCUT2D eigenvalue weighted by atomic mass is 31.2. The second kappa shape index (κ2) is 22.3. The van der Waals surface area contributed by atoms with Gasteiger partial charge in [-0.25, -0.2) is 13.7 Å². The summed E-state index contributed by atoms with van der Waals surface area (Å²) in [5, 5.41) is 0. The van der Waals surface area contributed by atoms with E-state index in [9.17, 15) is 0 Å². The molecule has 10 rings (SSSR count). The van der Waals surface area contributed by atoms with Crippen LogP contribution in [0.5, 0.6) is 0 Å². The Balaban J connectivity index is 1.07. The zero-order valence-corrected chi connectivity index (χ0v) is 38.8. The van der Waals surface area contributed by atoms with Crippen LogP contribution in [0.4, 0.5) is 0 Å². The summed E-state index contributed by atoms with van der Waals surface area (Å²) in [6.45, 7) is -2.35. The molecule has 4 bridgehead atoms. The smallest absolute Gasteiger partial charge is 0.321 e. The fraction of sp³-hybridized carbons (Fsp3) is 0.265. The molecule has 67 heavy (non-hydrogen) atoms. The first-order valence-electron chi connectivity index (χ1n) is 21.6. The van der Waals surface area contributed by atoms with Crippen LogP contribution in [0.1, 0.15) is 33.4 Å². The van der Waals surface area contributed by atoms with Gasteiger partial charge >= 0.3 is 23.5 Å². The number of hydrogen-bond donors (Lipinski definition) is 0. The third-order valence-electron chi connectivity index (χ3n) is 10.9. The highest BCUT2D eigenvalue weighted by Gasteiger charge is 2.67. The van der Waals surface area contributed by atoms with Crippen molar-refractivity contribution in [2.24, 2.45) is 0 Å². The average Bonchev–Trinajstić information content (AvgIpc) is 3.38. The van der Waals surface area contributed by atoms with Crippen molar-refractivity contribution < 1.29 is 68.6 Å². The van der Waals surface area contributed by atoms with Gasteiger partial charge in [0, 0.05) is 0 Å². The van der Waals surface area contributed by atoms with Crippen LogP contribution in [-0.2, 0) is 108 Å². The van der Waals surface area contributed by atoms with Crippen LogP contribution in [0.3, 0.4) is 0 Å². The van der Waals surface area contributed by atoms with Crippen LogP contribution in [-0.4, -0.2) is 43.1 Å². The molecule has 6 aromatic carbocycles. The third kappa shape index (κ3) is 12.8. The van der Waals surface area contributed by atoms with E-state index in [1.54, 1.807) is 72.8 Å². The number of rotatable bonds is 24. The van der Waals surface area contributed by atoms with Crippen molar-refractivity contribution in [1.29, 1.82) is 0 Å². The van der Waals surface area contributed by atoms with Gasteiger partial charge < -0.3 is 14.2 Å². The maximum absolute atomic E-state index is 15.1. The molecule has 350 valence electrons. The molecule has 0 unspecified atom stereocenters. The maximum Gasteiger partial charge on any atom is 0.475 e. The molecule has 1 aliphatic carbocycles. The number of ether oxygens (including phenoxy) is 3. The number of phosphoric acid groups is 3. The lowest BCUT2D eigenvalue weighted by Gasteiger charge is -2.58. The Morgan fingerprint density at radius 2 is 0.478 bits per heavy atom. The molecule has 3 aliphatic heterocycles. The fourth-order valence-electron chi connectivity index (χ4n) is 7.54. The molecule has 0 radical (unpaired) electrons. The van der Waals surface area contributed by atoms with E-state index in [0.29, 0.717) is 33.4 Å². The molecule has 0 spiro atoms. The topological polar surface area (TPSA) is 162 Å². The summed E-state index contributed by atoms with van der Waals surface area (Å²) in [6.07, 6.45) is -8.13. The van der Waals surface area contributed by atoms with E-state index in [0.717, 1.165) is 0 Å². The quantitative estimate of drug-likeness (QED) is 0.0526. The first-order valence-corrected chi connectivity index (χ1v) is 26.0. The van der Waals surface area contributed by atoms with Gasteiger partial charge in [0.15, 0.2) is 0 Å². The second-order valence-electron chi connectivity index (χ2n) is 15.7. The van der Waals surface area contributed by atoms with E-state index in [4.69, 9.17) is 54.9 Å². The Kier molecular flexibility index (Phi) is 15.8. The van der Waals surface area contributed by atoms with E-state index in [-0.39, 0.29) is 39.6 Å². The minimum absolute atomic E-state index is 0.170. The molecule has 0 atom stereocenters. The summed E-state index contributed by atoms with van der Waals surface area (Å²) in [5.74, 6) is 0. The average molecular weight is 971 g/mol. The standard InChI is InChI=1S/C49H49O15P3/c50-65(53-31-37-19-7-1-8-20-37,54-32-38-21-9-2-10-22-38)62-46-43-47(63-66(51,55-33-39-23-11-3-12-24-39)56-34-40-25-13-4-14-26-40)45-48(44(46)60-49(59-43)61-45)64-67(52,57-35-41-27-15-5-16-28-41)58-36-42-29-17-6-18-30-42/h1-30,43-49H,31-36H2. The Labute approximate surface area is 388 Å². The van der Waals surface area contributed by atoms with Crippen molar-refractivity contribution in [1.82, 2.24) is 0 Å². The summed E-state index contributed by atoms with van der Waals surface area (Å²) in [4.78, 5) is 0. The molecule has 0 amide bonds. The predicted molar refractivity (Wildman–Crippen MR) is 243 cm³/mol. The minimum Gasteiger partial charge on any atom is -0.321 e. The van der Waals surface area contributed by atoms with Crippen LogP contribution >= 0.6 is 23.5 Å². The summed E-state index contributed by atoms with van der Waals surface area (Å²) in [5.41, 5.74) is 4.10. The van der Waals surface area contributed by atoms with Crippen LogP contribution in [0.2, 0.25) is 0 Å². The molecular formula is C49H49O15P3.